The average molecular weight is 481 g/mol. The molecule has 1 aliphatic heterocycles. The number of aryl methyl sites for hydroxylation is 1. The van der Waals surface area contributed by atoms with E-state index in [1.807, 2.05) is 45.9 Å². The van der Waals surface area contributed by atoms with Gasteiger partial charge in [-0.2, -0.15) is 0 Å². The molecule has 0 radical (unpaired) electrons. The number of aliphatic hydroxyl groups excluding tert-OH is 1. The van der Waals surface area contributed by atoms with Gasteiger partial charge in [-0.05, 0) is 61.4 Å². The summed E-state index contributed by atoms with van der Waals surface area (Å²) >= 11 is 0. The van der Waals surface area contributed by atoms with E-state index in [1.165, 1.54) is 18.2 Å². The lowest BCUT2D eigenvalue weighted by Gasteiger charge is -2.34. The molecular weight excluding hydrogens is 447 g/mol. The maximum atomic E-state index is 14.6. The van der Waals surface area contributed by atoms with Gasteiger partial charge < -0.3 is 20.4 Å². The number of carbonyl (C=O) groups excluding carboxylic acids is 1. The van der Waals surface area contributed by atoms with E-state index in [9.17, 15) is 19.4 Å². The van der Waals surface area contributed by atoms with E-state index >= 15 is 0 Å². The normalized spacial score (nSPS) is 15.9. The van der Waals surface area contributed by atoms with Gasteiger partial charge in [-0.15, -0.1) is 0 Å². The summed E-state index contributed by atoms with van der Waals surface area (Å²) in [6, 6.07) is 9.97. The van der Waals surface area contributed by atoms with Crippen LogP contribution in [0.15, 0.2) is 36.4 Å². The molecule has 186 valence electrons. The second-order valence-electron chi connectivity index (χ2n) is 10.6. The number of phenols is 1. The molecule has 3 aromatic rings. The van der Waals surface area contributed by atoms with Crippen LogP contribution in [0.1, 0.15) is 45.6 Å². The summed E-state index contributed by atoms with van der Waals surface area (Å²) < 4.78 is 14.6. The number of piperidine rings is 1. The SMILES string of the molecule is Cc1ccc2c(N3CCC(NC(=O)[C@H](O)CC(C)(C)C)CC3)nc(-c3c(O)cccc3F)nc2c1. The Morgan fingerprint density at radius 1 is 1.20 bits per heavy atom. The highest BCUT2D eigenvalue weighted by Gasteiger charge is 2.28. The van der Waals surface area contributed by atoms with Crippen LogP contribution in [-0.4, -0.2) is 51.3 Å². The topological polar surface area (TPSA) is 98.6 Å². The van der Waals surface area contributed by atoms with E-state index in [0.29, 0.717) is 43.7 Å². The number of phenolic OH excluding ortho intramolecular Hbond substituents is 1. The minimum absolute atomic E-state index is 0.0212. The molecule has 3 N–H and O–H groups in total. The monoisotopic (exact) mass is 480 g/mol. The van der Waals surface area contributed by atoms with Crippen LogP contribution in [0.2, 0.25) is 0 Å². The number of aromatic nitrogens is 2. The molecule has 1 aliphatic rings. The molecule has 1 saturated heterocycles. The van der Waals surface area contributed by atoms with Crippen LogP contribution in [-0.2, 0) is 4.79 Å². The van der Waals surface area contributed by atoms with E-state index in [-0.39, 0.29) is 34.5 Å². The van der Waals surface area contributed by atoms with Gasteiger partial charge in [0.1, 0.15) is 23.5 Å². The highest BCUT2D eigenvalue weighted by molar-refractivity contribution is 5.92. The molecule has 0 saturated carbocycles. The van der Waals surface area contributed by atoms with Crippen LogP contribution in [0.25, 0.3) is 22.3 Å². The first-order chi connectivity index (χ1) is 16.5. The van der Waals surface area contributed by atoms with Crippen molar-refractivity contribution >= 4 is 22.6 Å². The first-order valence-corrected chi connectivity index (χ1v) is 12.0. The Hall–Kier alpha value is -3.26. The quantitative estimate of drug-likeness (QED) is 0.503. The zero-order valence-corrected chi connectivity index (χ0v) is 20.7. The summed E-state index contributed by atoms with van der Waals surface area (Å²) in [5.74, 6) is -0.324. The van der Waals surface area contributed by atoms with Gasteiger partial charge in [-0.25, -0.2) is 14.4 Å². The fraction of sp³-hybridized carbons (Fsp3) is 0.444. The summed E-state index contributed by atoms with van der Waals surface area (Å²) in [5.41, 5.74) is 1.53. The highest BCUT2D eigenvalue weighted by Crippen LogP contribution is 2.34. The van der Waals surface area contributed by atoms with Gasteiger partial charge >= 0.3 is 0 Å². The molecule has 0 spiro atoms. The predicted octanol–water partition coefficient (Wildman–Crippen LogP) is 4.33. The van der Waals surface area contributed by atoms with Gasteiger partial charge in [0.25, 0.3) is 0 Å². The van der Waals surface area contributed by atoms with Crippen molar-refractivity contribution in [3.05, 3.63) is 47.8 Å². The van der Waals surface area contributed by atoms with Crippen molar-refractivity contribution < 1.29 is 19.4 Å². The third-order valence-corrected chi connectivity index (χ3v) is 6.30. The molecule has 2 aromatic carbocycles. The lowest BCUT2D eigenvalue weighted by atomic mass is 9.89. The minimum Gasteiger partial charge on any atom is -0.507 e. The van der Waals surface area contributed by atoms with Crippen molar-refractivity contribution in [1.82, 2.24) is 15.3 Å². The third-order valence-electron chi connectivity index (χ3n) is 6.30. The number of hydrogen-bond donors (Lipinski definition) is 3. The Kier molecular flexibility index (Phi) is 6.94. The number of aliphatic hydroxyl groups is 1. The number of amides is 1. The summed E-state index contributed by atoms with van der Waals surface area (Å²) in [4.78, 5) is 23.8. The lowest BCUT2D eigenvalue weighted by Crippen LogP contribution is -2.48. The van der Waals surface area contributed by atoms with Crippen molar-refractivity contribution in [3.63, 3.8) is 0 Å². The number of halogens is 1. The van der Waals surface area contributed by atoms with E-state index in [0.717, 1.165) is 10.9 Å². The Morgan fingerprint density at radius 3 is 2.57 bits per heavy atom. The Bertz CT molecular complexity index is 1210. The van der Waals surface area contributed by atoms with E-state index in [1.54, 1.807) is 0 Å². The van der Waals surface area contributed by atoms with Crippen molar-refractivity contribution in [2.24, 2.45) is 5.41 Å². The number of carbonyl (C=O) groups is 1. The molecule has 1 atom stereocenters. The minimum atomic E-state index is -1.03. The van der Waals surface area contributed by atoms with Crippen molar-refractivity contribution in [2.75, 3.05) is 18.0 Å². The summed E-state index contributed by atoms with van der Waals surface area (Å²) in [6.45, 7) is 9.19. The summed E-state index contributed by atoms with van der Waals surface area (Å²) in [5, 5.41) is 24.4. The molecular formula is C27H33FN4O3. The van der Waals surface area contributed by atoms with E-state index in [2.05, 4.69) is 20.2 Å². The standard InChI is InChI=1S/C27H33FN4O3/c1-16-8-9-18-20(14-16)30-24(23-19(28)6-5-7-21(23)33)31-25(18)32-12-10-17(11-13-32)29-26(35)22(34)15-27(2,3)4/h5-9,14,17,22,33-34H,10-13,15H2,1-4H3,(H,29,35)/t22-/m1/s1. The van der Waals surface area contributed by atoms with Gasteiger partial charge in [-0.1, -0.05) is 32.9 Å². The number of fused-ring (bicyclic) bond motifs is 1. The van der Waals surface area contributed by atoms with Gasteiger partial charge in [0, 0.05) is 24.5 Å². The summed E-state index contributed by atoms with van der Waals surface area (Å²) in [7, 11) is 0. The summed E-state index contributed by atoms with van der Waals surface area (Å²) in [6.07, 6.45) is 0.741. The number of rotatable bonds is 5. The Labute approximate surface area is 205 Å². The van der Waals surface area contributed by atoms with Gasteiger partial charge in [0.15, 0.2) is 5.82 Å². The first-order valence-electron chi connectivity index (χ1n) is 12.0. The maximum Gasteiger partial charge on any atom is 0.249 e. The van der Waals surface area contributed by atoms with Gasteiger partial charge in [0.05, 0.1) is 11.1 Å². The molecule has 8 heteroatoms. The van der Waals surface area contributed by atoms with Gasteiger partial charge in [-0.3, -0.25) is 4.79 Å². The van der Waals surface area contributed by atoms with Crippen LogP contribution < -0.4 is 10.2 Å². The van der Waals surface area contributed by atoms with Crippen molar-refractivity contribution in [2.45, 2.75) is 59.1 Å². The van der Waals surface area contributed by atoms with Crippen molar-refractivity contribution in [3.8, 4) is 17.1 Å². The fourth-order valence-electron chi connectivity index (χ4n) is 4.52. The molecule has 0 aliphatic carbocycles. The van der Waals surface area contributed by atoms with E-state index < -0.39 is 11.9 Å². The lowest BCUT2D eigenvalue weighted by molar-refractivity contribution is -0.131. The number of hydrogen-bond acceptors (Lipinski definition) is 6. The smallest absolute Gasteiger partial charge is 0.249 e. The zero-order valence-electron chi connectivity index (χ0n) is 20.7. The molecule has 7 nitrogen and oxygen atoms in total. The molecule has 1 fully saturated rings. The fourth-order valence-corrected chi connectivity index (χ4v) is 4.52. The van der Waals surface area contributed by atoms with Crippen LogP contribution in [0, 0.1) is 18.2 Å². The van der Waals surface area contributed by atoms with Crippen LogP contribution in [0.5, 0.6) is 5.75 Å². The molecule has 0 bridgehead atoms. The number of nitrogens with one attached hydrogen (secondary N) is 1. The first kappa shape index (κ1) is 24.9. The Morgan fingerprint density at radius 2 is 1.91 bits per heavy atom. The largest absolute Gasteiger partial charge is 0.507 e. The van der Waals surface area contributed by atoms with Crippen molar-refractivity contribution in [1.29, 1.82) is 0 Å². The van der Waals surface area contributed by atoms with Crippen LogP contribution in [0.4, 0.5) is 10.2 Å². The average Bonchev–Trinajstić information content (AvgIpc) is 2.77. The second-order valence-corrected chi connectivity index (χ2v) is 10.6. The molecule has 1 amide bonds. The number of anilines is 1. The maximum absolute atomic E-state index is 14.6. The zero-order chi connectivity index (χ0) is 25.3. The molecule has 2 heterocycles. The second kappa shape index (κ2) is 9.77. The predicted molar refractivity (Wildman–Crippen MR) is 135 cm³/mol. The van der Waals surface area contributed by atoms with Gasteiger partial charge in [0.2, 0.25) is 5.91 Å². The molecule has 0 unspecified atom stereocenters. The van der Waals surface area contributed by atoms with Crippen LogP contribution in [0.3, 0.4) is 0 Å². The highest BCUT2D eigenvalue weighted by atomic mass is 19.1. The molecule has 35 heavy (non-hydrogen) atoms. The number of nitrogens with zero attached hydrogens (tertiary/aromatic N) is 3. The molecule has 4 rings (SSSR count). The number of aromatic hydroxyl groups is 1. The Balaban J connectivity index is 1.57. The molecule has 1 aromatic heterocycles. The van der Waals surface area contributed by atoms with E-state index in [4.69, 9.17) is 0 Å². The third kappa shape index (κ3) is 5.70. The number of benzene rings is 2. The van der Waals surface area contributed by atoms with Crippen LogP contribution >= 0.6 is 0 Å².